The number of rotatable bonds is 14. The molecule has 0 fully saturated rings. The minimum atomic E-state index is 0.646. The van der Waals surface area contributed by atoms with Crippen molar-refractivity contribution in [1.29, 1.82) is 0 Å². The van der Waals surface area contributed by atoms with Crippen LogP contribution >= 0.6 is 0 Å². The van der Waals surface area contributed by atoms with E-state index in [1.54, 1.807) is 0 Å². The van der Waals surface area contributed by atoms with E-state index in [0.29, 0.717) is 17.6 Å². The van der Waals surface area contributed by atoms with Gasteiger partial charge < -0.3 is 22.8 Å². The van der Waals surface area contributed by atoms with Gasteiger partial charge in [-0.05, 0) is 191 Å². The van der Waals surface area contributed by atoms with E-state index in [4.69, 9.17) is 29.9 Å². The zero-order valence-corrected chi connectivity index (χ0v) is 78.0. The maximum atomic E-state index is 5.22. The molecule has 12 heteroatoms. The Labute approximate surface area is 828 Å². The van der Waals surface area contributed by atoms with Crippen molar-refractivity contribution in [3.63, 3.8) is 0 Å². The van der Waals surface area contributed by atoms with Crippen molar-refractivity contribution in [2.45, 2.75) is 0 Å². The lowest BCUT2D eigenvalue weighted by atomic mass is 9.98. The molecule has 0 N–H and O–H groups in total. The second kappa shape index (κ2) is 35.5. The Bertz CT molecular complexity index is 9580. The number of para-hydroxylation sites is 9. The van der Waals surface area contributed by atoms with Gasteiger partial charge in [-0.3, -0.25) is 4.57 Å². The molecule has 9 aromatic heterocycles. The molecule has 29 rings (SSSR count). The smallest absolute Gasteiger partial charge is 0.235 e. The molecule has 674 valence electrons. The summed E-state index contributed by atoms with van der Waals surface area (Å²) in [6.45, 7) is 0. The van der Waals surface area contributed by atoms with Crippen LogP contribution in [0.2, 0.25) is 0 Å². The van der Waals surface area contributed by atoms with Crippen molar-refractivity contribution in [3.05, 3.63) is 522 Å². The molecule has 0 unspecified atom stereocenters. The predicted molar refractivity (Wildman–Crippen MR) is 596 cm³/mol. The van der Waals surface area contributed by atoms with E-state index in [9.17, 15) is 0 Å². The molecule has 0 saturated heterocycles. The van der Waals surface area contributed by atoms with Crippen LogP contribution in [0.1, 0.15) is 0 Å². The Kier molecular flexibility index (Phi) is 20.6. The van der Waals surface area contributed by atoms with Crippen LogP contribution in [-0.2, 0) is 0 Å². The Morgan fingerprint density at radius 2 is 0.396 bits per heavy atom. The lowest BCUT2D eigenvalue weighted by Crippen LogP contribution is -2.02. The van der Waals surface area contributed by atoms with Crippen LogP contribution in [0.3, 0.4) is 0 Å². The highest BCUT2D eigenvalue weighted by molar-refractivity contribution is 6.23. The van der Waals surface area contributed by atoms with Crippen molar-refractivity contribution in [1.82, 2.24) is 57.3 Å². The summed E-state index contributed by atoms with van der Waals surface area (Å²) in [6.07, 6.45) is 7.54. The topological polar surface area (TPSA) is 107 Å². The molecule has 0 spiro atoms. The Morgan fingerprint density at radius 3 is 0.785 bits per heavy atom. The maximum Gasteiger partial charge on any atom is 0.235 e. The summed E-state index contributed by atoms with van der Waals surface area (Å²) in [7, 11) is 0. The predicted octanol–water partition coefficient (Wildman–Crippen LogP) is 33.3. The summed E-state index contributed by atoms with van der Waals surface area (Å²) < 4.78 is 14.1. The molecule has 0 aliphatic rings. The highest BCUT2D eigenvalue weighted by Gasteiger charge is 2.26. The first-order valence-electron chi connectivity index (χ1n) is 48.7. The number of benzene rings is 20. The first-order valence-corrected chi connectivity index (χ1v) is 48.7. The standard InChI is InChI=1S/2C46H30N4.C40H26N4/c1-3-12-31(13-4-1)32-22-24-33(25-23-32)34-14-11-15-35(28-34)41-26-27-47-46(48-41)50-43-21-10-8-19-38(43)40-29-39-37-18-7-9-20-42(37)49(44(39)30-45(40)50)36-16-5-2-6-17-36;1-3-12-31(13-4-1)32-22-24-33(25-23-32)41-26-27-47-46(48-41)34-14-11-17-36(28-34)50-43-21-10-8-19-38(43)40-29-39-37-18-7-9-20-42(37)49(44(39)30-45(40)50)35-15-5-2-6-16-35;1-3-12-27(13-4-1)29-25-41-40(42-26-29)28-14-11-17-31(22-28)44-37-21-10-8-19-33(37)35-23-34-32-18-7-9-20-36(32)43(38(34)24-39(35)44)30-15-5-2-6-16-30/h2*1-30H;1-26H. The molecule has 0 aliphatic heterocycles. The molecule has 29 aromatic rings. The first kappa shape index (κ1) is 83.8. The largest absolute Gasteiger partial charge is 0.309 e. The number of aromatic nitrogens is 12. The summed E-state index contributed by atoms with van der Waals surface area (Å²) in [5.74, 6) is 2.05. The lowest BCUT2D eigenvalue weighted by molar-refractivity contribution is 0.992. The van der Waals surface area contributed by atoms with Crippen LogP contribution in [-0.4, -0.2) is 57.3 Å². The van der Waals surface area contributed by atoms with Crippen molar-refractivity contribution < 1.29 is 0 Å². The molecular formula is C132H86N12. The SMILES string of the molecule is c1ccc(-c2ccc(-c3cccc(-c4ccnc(-n5c6ccccc6c6cc7c8ccccc8n(-c8ccccc8)c7cc65)n4)c3)cc2)cc1.c1ccc(-c2ccc(-c3ccnc(-c4cccc(-n5c6ccccc6c6cc7c8ccccc8n(-c8ccccc8)c7cc65)c4)n3)cc2)cc1.c1ccc(-c2cnc(-c3cccc(-n4c5ccccc5c5cc6c7ccccc7n(-c7ccccc7)c6cc54)c3)nc2)cc1. The Hall–Kier alpha value is -19.6. The van der Waals surface area contributed by atoms with E-state index in [2.05, 4.69) is 482 Å². The van der Waals surface area contributed by atoms with Crippen LogP contribution < -0.4 is 0 Å². The quantitative estimate of drug-likeness (QED) is 0.107. The van der Waals surface area contributed by atoms with Crippen molar-refractivity contribution in [2.75, 3.05) is 0 Å². The van der Waals surface area contributed by atoms with E-state index in [1.807, 2.05) is 67.3 Å². The third-order valence-corrected chi connectivity index (χ3v) is 28.2. The number of hydrogen-bond donors (Lipinski definition) is 0. The first-order chi connectivity index (χ1) is 71.4. The zero-order valence-electron chi connectivity index (χ0n) is 78.0. The summed E-state index contributed by atoms with van der Waals surface area (Å²) in [4.78, 5) is 29.4. The van der Waals surface area contributed by atoms with Crippen LogP contribution in [0.25, 0.3) is 255 Å². The summed E-state index contributed by atoms with van der Waals surface area (Å²) >= 11 is 0. The number of hydrogen-bond acceptors (Lipinski definition) is 6. The van der Waals surface area contributed by atoms with Gasteiger partial charge in [-0.15, -0.1) is 0 Å². The number of fused-ring (bicyclic) bond motifs is 18. The molecule has 12 nitrogen and oxygen atoms in total. The molecule has 0 saturated carbocycles. The maximum absolute atomic E-state index is 5.22. The van der Waals surface area contributed by atoms with Gasteiger partial charge in [-0.2, -0.15) is 0 Å². The van der Waals surface area contributed by atoms with Gasteiger partial charge in [0.2, 0.25) is 5.95 Å². The lowest BCUT2D eigenvalue weighted by Gasteiger charge is -2.11. The fraction of sp³-hybridized carbons (Fsp3) is 0. The molecule has 0 aliphatic carbocycles. The Balaban J connectivity index is 0.000000108. The van der Waals surface area contributed by atoms with Crippen LogP contribution in [0.4, 0.5) is 0 Å². The average Bonchev–Trinajstić information content (AvgIpc) is 1.56. The molecule has 0 radical (unpaired) electrons. The van der Waals surface area contributed by atoms with Crippen LogP contribution in [0.15, 0.2) is 522 Å². The fourth-order valence-electron chi connectivity index (χ4n) is 21.5. The normalized spacial score (nSPS) is 11.6. The Morgan fingerprint density at radius 1 is 0.132 bits per heavy atom. The monoisotopic (exact) mass is 1840 g/mol. The molecule has 0 atom stereocenters. The number of nitrogens with zero attached hydrogens (tertiary/aromatic N) is 12. The fourth-order valence-corrected chi connectivity index (χ4v) is 21.5. The average molecular weight is 1840 g/mol. The van der Waals surface area contributed by atoms with Gasteiger partial charge in [-0.1, -0.05) is 346 Å². The van der Waals surface area contributed by atoms with Gasteiger partial charge in [0.05, 0.1) is 77.6 Å². The van der Waals surface area contributed by atoms with Gasteiger partial charge in [0, 0.05) is 146 Å². The molecule has 0 bridgehead atoms. The van der Waals surface area contributed by atoms with Gasteiger partial charge in [0.25, 0.3) is 0 Å². The van der Waals surface area contributed by atoms with Gasteiger partial charge in [-0.25, -0.2) is 29.9 Å². The van der Waals surface area contributed by atoms with E-state index in [1.165, 1.54) is 126 Å². The summed E-state index contributed by atoms with van der Waals surface area (Å²) in [5, 5.41) is 14.7. The van der Waals surface area contributed by atoms with E-state index in [-0.39, 0.29) is 0 Å². The third-order valence-electron chi connectivity index (χ3n) is 28.2. The highest BCUT2D eigenvalue weighted by Crippen LogP contribution is 2.46. The summed E-state index contributed by atoms with van der Waals surface area (Å²) in [5.41, 5.74) is 34.5. The second-order valence-corrected chi connectivity index (χ2v) is 36.5. The van der Waals surface area contributed by atoms with E-state index in [0.717, 1.165) is 112 Å². The molecule has 144 heavy (non-hydrogen) atoms. The van der Waals surface area contributed by atoms with Gasteiger partial charge in [0.1, 0.15) is 0 Å². The zero-order chi connectivity index (χ0) is 95.1. The van der Waals surface area contributed by atoms with Crippen molar-refractivity contribution in [3.8, 4) is 124 Å². The second-order valence-electron chi connectivity index (χ2n) is 36.5. The minimum Gasteiger partial charge on any atom is -0.309 e. The minimum absolute atomic E-state index is 0.646. The highest BCUT2D eigenvalue weighted by atomic mass is 15.2. The van der Waals surface area contributed by atoms with Gasteiger partial charge in [0.15, 0.2) is 11.6 Å². The molecular weight excluding hydrogens is 1750 g/mol. The van der Waals surface area contributed by atoms with E-state index < -0.39 is 0 Å². The third kappa shape index (κ3) is 14.7. The van der Waals surface area contributed by atoms with Crippen LogP contribution in [0, 0.1) is 0 Å². The molecule has 20 aromatic carbocycles. The van der Waals surface area contributed by atoms with E-state index >= 15 is 0 Å². The van der Waals surface area contributed by atoms with Gasteiger partial charge >= 0.3 is 0 Å². The molecule has 0 amide bonds. The van der Waals surface area contributed by atoms with Crippen molar-refractivity contribution in [2.24, 2.45) is 0 Å². The molecule has 9 heterocycles. The van der Waals surface area contributed by atoms with Crippen molar-refractivity contribution >= 4 is 131 Å². The van der Waals surface area contributed by atoms with Crippen LogP contribution in [0.5, 0.6) is 0 Å². The summed E-state index contributed by atoms with van der Waals surface area (Å²) in [6, 6.07) is 176.